The van der Waals surface area contributed by atoms with Crippen molar-refractivity contribution in [2.24, 2.45) is 22.9 Å². The summed E-state index contributed by atoms with van der Waals surface area (Å²) < 4.78 is 54.0. The molecule has 1 amide bonds. The van der Waals surface area contributed by atoms with Gasteiger partial charge in [-0.15, -0.1) is 0 Å². The molecule has 19 N–H and O–H groups in total. The number of rotatable bonds is 10. The van der Waals surface area contributed by atoms with Crippen molar-refractivity contribution in [3.05, 3.63) is 0 Å². The smallest absolute Gasteiger partial charge is 0.394 e. The normalized spacial score (nSPS) is 43.1. The first-order valence-corrected chi connectivity index (χ1v) is 15.2. The van der Waals surface area contributed by atoms with Gasteiger partial charge in [-0.25, -0.2) is 0 Å². The van der Waals surface area contributed by atoms with Gasteiger partial charge in [0.05, 0.1) is 12.6 Å². The molecule has 1 saturated carbocycles. The molecule has 0 unspecified atom stereocenters. The van der Waals surface area contributed by atoms with Gasteiger partial charge in [0.15, 0.2) is 12.6 Å². The summed E-state index contributed by atoms with van der Waals surface area (Å²) in [6.45, 7) is -0.953. The Morgan fingerprint density at radius 3 is 1.80 bits per heavy atom. The Morgan fingerprint density at radius 2 is 1.31 bits per heavy atom. The van der Waals surface area contributed by atoms with E-state index in [4.69, 9.17) is 59.4 Å². The second kappa shape index (κ2) is 17.2. The van der Waals surface area contributed by atoms with Gasteiger partial charge in [0.1, 0.15) is 67.1 Å². The number of ether oxygens (including phenoxy) is 4. The number of nitrogens with one attached hydrogen (secondary N) is 1. The molecule has 16 atom stereocenters. The van der Waals surface area contributed by atoms with Crippen molar-refractivity contribution in [3.63, 3.8) is 0 Å². The summed E-state index contributed by atoms with van der Waals surface area (Å²) >= 11 is 0. The van der Waals surface area contributed by atoms with Crippen LogP contribution in [-0.2, 0) is 34.1 Å². The number of nitrogens with two attached hydrogens (primary N) is 4. The van der Waals surface area contributed by atoms with E-state index in [9.17, 15) is 45.6 Å². The molecule has 0 radical (unpaired) electrons. The van der Waals surface area contributed by atoms with Gasteiger partial charge < -0.3 is 88.1 Å². The maximum Gasteiger partial charge on any atom is 0.394 e. The summed E-state index contributed by atoms with van der Waals surface area (Å²) in [5.41, 5.74) is 23.4. The summed E-state index contributed by atoms with van der Waals surface area (Å²) in [6, 6.07) is -3.07. The largest absolute Gasteiger partial charge is 0.394 e. The first-order valence-electron chi connectivity index (χ1n) is 13.8. The molecule has 2 aliphatic heterocycles. The van der Waals surface area contributed by atoms with Crippen LogP contribution < -0.4 is 28.3 Å². The van der Waals surface area contributed by atoms with Crippen LogP contribution in [0.1, 0.15) is 12.8 Å². The number of amides is 1. The monoisotopic (exact) mass is 683 g/mol. The minimum absolute atomic E-state index is 0.00802. The summed E-state index contributed by atoms with van der Waals surface area (Å²) in [6.07, 6.45) is -19.4. The van der Waals surface area contributed by atoms with E-state index in [2.05, 4.69) is 5.32 Å². The maximum absolute atomic E-state index is 12.0. The van der Waals surface area contributed by atoms with E-state index in [1.54, 1.807) is 0 Å². The summed E-state index contributed by atoms with van der Waals surface area (Å²) in [5, 5.41) is 84.3. The second-order valence-electron chi connectivity index (χ2n) is 10.8. The Morgan fingerprint density at radius 1 is 0.822 bits per heavy atom. The van der Waals surface area contributed by atoms with Crippen LogP contribution in [0.5, 0.6) is 0 Å². The van der Waals surface area contributed by atoms with Crippen LogP contribution >= 0.6 is 0 Å². The van der Waals surface area contributed by atoms with Gasteiger partial charge in [-0.05, 0) is 19.4 Å². The Hall–Kier alpha value is -1.30. The van der Waals surface area contributed by atoms with E-state index >= 15 is 0 Å². The van der Waals surface area contributed by atoms with Crippen LogP contribution in [0.3, 0.4) is 0 Å². The van der Waals surface area contributed by atoms with Gasteiger partial charge in [0.2, 0.25) is 5.91 Å². The molecular weight excluding hydrogens is 638 g/mol. The fraction of sp³-hybridized carbons (Fsp3) is 0.955. The number of aliphatic hydroxyl groups excluding tert-OH is 8. The molecule has 0 aromatic rings. The van der Waals surface area contributed by atoms with E-state index in [-0.39, 0.29) is 25.9 Å². The zero-order valence-electron chi connectivity index (χ0n) is 23.8. The third-order valence-electron chi connectivity index (χ3n) is 7.47. The SMILES string of the molecule is NCC[C@H](O)C(=O)NC[C@H]1O[C@H](O[C@H]2[C@H](O)[C@@H](O[C@H]3O[C@H](CO)[C@@H](O)[C@H](N)[C@H]3O)[C@H](N)C[C@@H]2N)[C@H](O)[C@@H](O)[C@@H]1O.O=S(=O)(O)O. The topological polar surface area (TPSA) is 407 Å². The van der Waals surface area contributed by atoms with Gasteiger partial charge in [-0.2, -0.15) is 8.42 Å². The summed E-state index contributed by atoms with van der Waals surface area (Å²) in [7, 11) is -4.67. The molecule has 0 bridgehead atoms. The molecule has 266 valence electrons. The second-order valence-corrected chi connectivity index (χ2v) is 11.7. The predicted molar refractivity (Wildman–Crippen MR) is 146 cm³/mol. The summed E-state index contributed by atoms with van der Waals surface area (Å²) in [5.74, 6) is -0.791. The Bertz CT molecular complexity index is 1020. The van der Waals surface area contributed by atoms with Crippen LogP contribution in [0.2, 0.25) is 0 Å². The van der Waals surface area contributed by atoms with Gasteiger partial charge >= 0.3 is 10.4 Å². The van der Waals surface area contributed by atoms with Crippen molar-refractivity contribution in [1.82, 2.24) is 5.32 Å². The average Bonchev–Trinajstić information content (AvgIpc) is 2.95. The molecule has 23 heteroatoms. The molecule has 45 heavy (non-hydrogen) atoms. The van der Waals surface area contributed by atoms with Crippen molar-refractivity contribution < 1.29 is 82.1 Å². The lowest BCUT2D eigenvalue weighted by Crippen LogP contribution is -2.68. The van der Waals surface area contributed by atoms with Crippen LogP contribution in [-0.4, -0.2) is 182 Å². The van der Waals surface area contributed by atoms with E-state index in [0.29, 0.717) is 0 Å². The highest BCUT2D eigenvalue weighted by atomic mass is 32.3. The molecule has 2 saturated heterocycles. The van der Waals surface area contributed by atoms with Crippen molar-refractivity contribution in [3.8, 4) is 0 Å². The highest BCUT2D eigenvalue weighted by molar-refractivity contribution is 7.79. The standard InChI is InChI=1S/C22H43N5O13.H2O4S/c23-2-1-8(29)20(36)27-4-9-13(31)15(33)16(34)22(37-9)40-19-7(25)3-6(24)18(17(19)35)39-21-14(32)11(26)12(30)10(5-28)38-21;1-5(2,3)4/h6-19,21-22,28-35H,1-5,23-26H2,(H,27,36);(H2,1,2,3,4)/t6-,7+,8+,9-,10-,11+,12-,13-,14-,15+,16-,17-,18+,19-,21-,22-;/m1./s1. The predicted octanol–water partition coefficient (Wildman–Crippen LogP) is -9.08. The fourth-order valence-electron chi connectivity index (χ4n) is 4.98. The van der Waals surface area contributed by atoms with E-state index in [0.717, 1.165) is 0 Å². The highest BCUT2D eigenvalue weighted by Gasteiger charge is 2.51. The molecule has 2 heterocycles. The number of hydrogen-bond acceptors (Lipinski definition) is 19. The molecule has 3 rings (SSSR count). The average molecular weight is 684 g/mol. The highest BCUT2D eigenvalue weighted by Crippen LogP contribution is 2.31. The maximum atomic E-state index is 12.0. The van der Waals surface area contributed by atoms with Crippen LogP contribution in [0.25, 0.3) is 0 Å². The molecule has 0 aromatic carbocycles. The molecule has 1 aliphatic carbocycles. The molecule has 3 fully saturated rings. The van der Waals surface area contributed by atoms with Gasteiger partial charge in [-0.1, -0.05) is 0 Å². The van der Waals surface area contributed by atoms with Crippen LogP contribution in [0, 0.1) is 0 Å². The summed E-state index contributed by atoms with van der Waals surface area (Å²) in [4.78, 5) is 12.0. The first-order chi connectivity index (χ1) is 20.8. The quantitative estimate of drug-likeness (QED) is 0.0950. The van der Waals surface area contributed by atoms with Crippen molar-refractivity contribution in [2.75, 3.05) is 19.7 Å². The van der Waals surface area contributed by atoms with Crippen LogP contribution in [0.4, 0.5) is 0 Å². The minimum atomic E-state index is -4.67. The Balaban J connectivity index is 0.00000130. The lowest BCUT2D eigenvalue weighted by atomic mass is 9.84. The molecule has 0 spiro atoms. The number of aliphatic hydroxyl groups is 8. The number of carbonyl (C=O) groups is 1. The minimum Gasteiger partial charge on any atom is -0.394 e. The number of carbonyl (C=O) groups excluding carboxylic acids is 1. The van der Waals surface area contributed by atoms with E-state index < -0.39 is 121 Å². The van der Waals surface area contributed by atoms with Crippen LogP contribution in [0.15, 0.2) is 0 Å². The lowest BCUT2D eigenvalue weighted by Gasteiger charge is -2.48. The van der Waals surface area contributed by atoms with E-state index in [1.807, 2.05) is 0 Å². The van der Waals surface area contributed by atoms with Gasteiger partial charge in [0, 0.05) is 18.6 Å². The Labute approximate surface area is 257 Å². The van der Waals surface area contributed by atoms with Crippen molar-refractivity contribution >= 4 is 16.3 Å². The third kappa shape index (κ3) is 10.9. The molecule has 3 aliphatic rings. The van der Waals surface area contributed by atoms with Crippen molar-refractivity contribution in [2.45, 2.75) is 111 Å². The zero-order chi connectivity index (χ0) is 34.4. The number of hydrogen-bond donors (Lipinski definition) is 15. The lowest BCUT2D eigenvalue weighted by molar-refractivity contribution is -0.332. The van der Waals surface area contributed by atoms with Gasteiger partial charge in [0.25, 0.3) is 0 Å². The molecular formula is C22H45N5O17S. The zero-order valence-corrected chi connectivity index (χ0v) is 24.6. The van der Waals surface area contributed by atoms with Gasteiger partial charge in [-0.3, -0.25) is 13.9 Å². The Kier molecular flexibility index (Phi) is 15.2. The fourth-order valence-corrected chi connectivity index (χ4v) is 4.98. The van der Waals surface area contributed by atoms with E-state index in [1.165, 1.54) is 0 Å². The molecule has 0 aromatic heterocycles. The first kappa shape index (κ1) is 39.9. The third-order valence-corrected chi connectivity index (χ3v) is 7.47. The molecule has 22 nitrogen and oxygen atoms in total. The van der Waals surface area contributed by atoms with Crippen molar-refractivity contribution in [1.29, 1.82) is 0 Å².